The molecule has 0 aliphatic rings. The highest BCUT2D eigenvalue weighted by Crippen LogP contribution is 2.24. The second-order valence-corrected chi connectivity index (χ2v) is 5.87. The number of halogens is 3. The molecule has 0 amide bonds. The van der Waals surface area contributed by atoms with Crippen LogP contribution in [-0.4, -0.2) is 46.4 Å². The number of alkyl halides is 3. The molecule has 0 saturated carbocycles. The smallest absolute Gasteiger partial charge is 0.437 e. The van der Waals surface area contributed by atoms with E-state index in [0.29, 0.717) is 5.75 Å². The SMILES string of the molecule is CCOCCS(=O)(=O)ON=C(c1ccc(OC)cc1)C(F)(F)F. The number of ether oxygens (including phenoxy) is 2. The molecule has 0 radical (unpaired) electrons. The Kier molecular flexibility index (Phi) is 6.82. The molecule has 10 heteroatoms. The van der Waals surface area contributed by atoms with E-state index in [0.717, 1.165) is 12.1 Å². The third-order valence-corrected chi connectivity index (χ3v) is 3.52. The largest absolute Gasteiger partial charge is 0.497 e. The summed E-state index contributed by atoms with van der Waals surface area (Å²) in [6.45, 7) is 1.73. The van der Waals surface area contributed by atoms with Gasteiger partial charge >= 0.3 is 16.3 Å². The molecule has 0 aliphatic heterocycles. The number of rotatable bonds is 8. The van der Waals surface area contributed by atoms with Crippen molar-refractivity contribution < 1.29 is 35.3 Å². The Balaban J connectivity index is 2.98. The van der Waals surface area contributed by atoms with Crippen LogP contribution in [0.15, 0.2) is 29.4 Å². The maximum Gasteiger partial charge on any atom is 0.437 e. The molecule has 1 aromatic carbocycles. The molecule has 1 aromatic rings. The van der Waals surface area contributed by atoms with E-state index in [1.54, 1.807) is 6.92 Å². The molecule has 0 saturated heterocycles. The van der Waals surface area contributed by atoms with Crippen LogP contribution >= 0.6 is 0 Å². The summed E-state index contributed by atoms with van der Waals surface area (Å²) in [5, 5.41) is 2.78. The van der Waals surface area contributed by atoms with E-state index >= 15 is 0 Å². The molecular formula is C13H16F3NO5S. The van der Waals surface area contributed by atoms with Crippen molar-refractivity contribution in [1.29, 1.82) is 0 Å². The molecule has 130 valence electrons. The fourth-order valence-electron chi connectivity index (χ4n) is 1.45. The zero-order valence-corrected chi connectivity index (χ0v) is 13.3. The van der Waals surface area contributed by atoms with Gasteiger partial charge in [-0.15, -0.1) is 0 Å². The van der Waals surface area contributed by atoms with Gasteiger partial charge in [0.05, 0.1) is 13.7 Å². The van der Waals surface area contributed by atoms with E-state index in [-0.39, 0.29) is 18.8 Å². The molecule has 0 fully saturated rings. The molecule has 0 bridgehead atoms. The fourth-order valence-corrected chi connectivity index (χ4v) is 2.04. The highest BCUT2D eigenvalue weighted by Gasteiger charge is 2.38. The van der Waals surface area contributed by atoms with Gasteiger partial charge in [0.1, 0.15) is 11.5 Å². The average molecular weight is 355 g/mol. The topological polar surface area (TPSA) is 74.2 Å². The van der Waals surface area contributed by atoms with Crippen LogP contribution in [0.1, 0.15) is 12.5 Å². The molecule has 0 heterocycles. The van der Waals surface area contributed by atoms with Gasteiger partial charge in [-0.25, -0.2) is 0 Å². The molecule has 0 atom stereocenters. The lowest BCUT2D eigenvalue weighted by Crippen LogP contribution is -2.25. The second-order valence-electron chi connectivity index (χ2n) is 4.20. The minimum Gasteiger partial charge on any atom is -0.497 e. The first kappa shape index (κ1) is 19.2. The normalized spacial score (nSPS) is 13.0. The first-order chi connectivity index (χ1) is 10.7. The Bertz CT molecular complexity index is 626. The Morgan fingerprint density at radius 1 is 1.22 bits per heavy atom. The quantitative estimate of drug-likeness (QED) is 0.407. The summed E-state index contributed by atoms with van der Waals surface area (Å²) in [4.78, 5) is 0. The molecule has 0 spiro atoms. The number of benzene rings is 1. The summed E-state index contributed by atoms with van der Waals surface area (Å²) in [6, 6.07) is 4.78. The molecule has 23 heavy (non-hydrogen) atoms. The van der Waals surface area contributed by atoms with E-state index < -0.39 is 27.8 Å². The van der Waals surface area contributed by atoms with E-state index in [4.69, 9.17) is 9.47 Å². The zero-order valence-electron chi connectivity index (χ0n) is 12.5. The number of methoxy groups -OCH3 is 1. The zero-order chi connectivity index (χ0) is 17.5. The minimum atomic E-state index is -4.88. The maximum absolute atomic E-state index is 13.0. The Labute approximate surface area is 132 Å². The van der Waals surface area contributed by atoms with Crippen LogP contribution in [0.25, 0.3) is 0 Å². The first-order valence-electron chi connectivity index (χ1n) is 6.48. The van der Waals surface area contributed by atoms with Gasteiger partial charge < -0.3 is 9.47 Å². The Morgan fingerprint density at radius 2 is 1.83 bits per heavy atom. The summed E-state index contributed by atoms with van der Waals surface area (Å²) < 4.78 is 75.7. The summed E-state index contributed by atoms with van der Waals surface area (Å²) in [5.74, 6) is -0.251. The summed E-state index contributed by atoms with van der Waals surface area (Å²) in [6.07, 6.45) is -4.88. The molecule has 6 nitrogen and oxygen atoms in total. The fraction of sp³-hybridized carbons (Fsp3) is 0.462. The third kappa shape index (κ3) is 6.45. The van der Waals surface area contributed by atoms with Crippen molar-refractivity contribution in [3.05, 3.63) is 29.8 Å². The highest BCUT2D eigenvalue weighted by atomic mass is 32.2. The van der Waals surface area contributed by atoms with Crippen LogP contribution in [-0.2, 0) is 19.1 Å². The third-order valence-electron chi connectivity index (χ3n) is 2.56. The Hall–Kier alpha value is -1.81. The molecule has 0 unspecified atom stereocenters. The van der Waals surface area contributed by atoms with Gasteiger partial charge in [0, 0.05) is 12.2 Å². The lowest BCUT2D eigenvalue weighted by atomic mass is 10.1. The highest BCUT2D eigenvalue weighted by molar-refractivity contribution is 7.86. The van der Waals surface area contributed by atoms with Crippen molar-refractivity contribution in [2.24, 2.45) is 5.16 Å². The predicted molar refractivity (Wildman–Crippen MR) is 77.0 cm³/mol. The number of hydrogen-bond donors (Lipinski definition) is 0. The number of oxime groups is 1. The molecule has 0 aliphatic carbocycles. The molecule has 0 N–H and O–H groups in total. The second kappa shape index (κ2) is 8.16. The summed E-state index contributed by atoms with van der Waals surface area (Å²) in [7, 11) is -2.90. The van der Waals surface area contributed by atoms with Crippen molar-refractivity contribution in [3.63, 3.8) is 0 Å². The van der Waals surface area contributed by atoms with Gasteiger partial charge in [0.25, 0.3) is 0 Å². The standard InChI is InChI=1S/C13H16F3NO5S/c1-3-21-8-9-23(18,19)22-17-12(13(14,15)16)10-4-6-11(20-2)7-5-10/h4-7H,3,8-9H2,1-2H3. The van der Waals surface area contributed by atoms with Gasteiger partial charge in [0.15, 0.2) is 5.71 Å². The lowest BCUT2D eigenvalue weighted by molar-refractivity contribution is -0.0597. The van der Waals surface area contributed by atoms with Crippen molar-refractivity contribution in [2.45, 2.75) is 13.1 Å². The van der Waals surface area contributed by atoms with Crippen molar-refractivity contribution in [1.82, 2.24) is 0 Å². The van der Waals surface area contributed by atoms with Crippen LogP contribution in [0.4, 0.5) is 13.2 Å². The van der Waals surface area contributed by atoms with Crippen LogP contribution in [0.3, 0.4) is 0 Å². The van der Waals surface area contributed by atoms with Gasteiger partial charge in [-0.2, -0.15) is 21.6 Å². The van der Waals surface area contributed by atoms with Crippen LogP contribution in [0.2, 0.25) is 0 Å². The van der Waals surface area contributed by atoms with Crippen molar-refractivity contribution >= 4 is 15.8 Å². The van der Waals surface area contributed by atoms with Gasteiger partial charge in [-0.05, 0) is 31.2 Å². The monoisotopic (exact) mass is 355 g/mol. The van der Waals surface area contributed by atoms with Gasteiger partial charge in [0.2, 0.25) is 0 Å². The van der Waals surface area contributed by atoms with E-state index in [1.807, 2.05) is 0 Å². The lowest BCUT2D eigenvalue weighted by Gasteiger charge is -2.11. The molecule has 0 aromatic heterocycles. The Morgan fingerprint density at radius 3 is 2.30 bits per heavy atom. The molecule has 1 rings (SSSR count). The van der Waals surface area contributed by atoms with Crippen molar-refractivity contribution in [3.8, 4) is 5.75 Å². The van der Waals surface area contributed by atoms with E-state index in [1.165, 1.54) is 19.2 Å². The summed E-state index contributed by atoms with van der Waals surface area (Å²) >= 11 is 0. The number of nitrogens with zero attached hydrogens (tertiary/aromatic N) is 1. The molecular weight excluding hydrogens is 339 g/mol. The van der Waals surface area contributed by atoms with E-state index in [9.17, 15) is 21.6 Å². The van der Waals surface area contributed by atoms with Crippen LogP contribution in [0, 0.1) is 0 Å². The maximum atomic E-state index is 13.0. The van der Waals surface area contributed by atoms with E-state index in [2.05, 4.69) is 9.44 Å². The van der Waals surface area contributed by atoms with Crippen LogP contribution < -0.4 is 4.74 Å². The number of hydrogen-bond acceptors (Lipinski definition) is 6. The summed E-state index contributed by atoms with van der Waals surface area (Å²) in [5.41, 5.74) is -1.81. The van der Waals surface area contributed by atoms with Gasteiger partial charge in [-0.1, -0.05) is 5.16 Å². The average Bonchev–Trinajstić information content (AvgIpc) is 2.46. The first-order valence-corrected chi connectivity index (χ1v) is 8.06. The predicted octanol–water partition coefficient (Wildman–Crippen LogP) is 2.34. The minimum absolute atomic E-state index is 0.196. The van der Waals surface area contributed by atoms with Gasteiger partial charge in [-0.3, -0.25) is 4.28 Å². The van der Waals surface area contributed by atoms with Crippen LogP contribution in [0.5, 0.6) is 5.75 Å². The van der Waals surface area contributed by atoms with Crippen molar-refractivity contribution in [2.75, 3.05) is 26.1 Å².